The van der Waals surface area contributed by atoms with E-state index in [4.69, 9.17) is 9.84 Å². The first kappa shape index (κ1) is 14.2. The lowest BCUT2D eigenvalue weighted by Crippen LogP contribution is -2.44. The fourth-order valence-corrected chi connectivity index (χ4v) is 1.83. The van der Waals surface area contributed by atoms with Gasteiger partial charge in [-0.3, -0.25) is 4.90 Å². The summed E-state index contributed by atoms with van der Waals surface area (Å²) in [5, 5.41) is 11.9. The number of rotatable bonds is 6. The third kappa shape index (κ3) is 6.41. The summed E-state index contributed by atoms with van der Waals surface area (Å²) in [7, 11) is 0. The molecule has 1 atom stereocenters. The van der Waals surface area contributed by atoms with E-state index in [0.717, 1.165) is 38.4 Å². The summed E-state index contributed by atoms with van der Waals surface area (Å²) < 4.78 is 5.29. The summed E-state index contributed by atoms with van der Waals surface area (Å²) in [6.45, 7) is 9.12. The van der Waals surface area contributed by atoms with Gasteiger partial charge >= 0.3 is 5.97 Å². The van der Waals surface area contributed by atoms with Gasteiger partial charge in [0.15, 0.2) is 0 Å². The average Bonchev–Trinajstić information content (AvgIpc) is 2.27. The molecular formula is C12H22N2O3. The molecule has 0 aromatic carbocycles. The van der Waals surface area contributed by atoms with Crippen LogP contribution in [0.3, 0.4) is 0 Å². The van der Waals surface area contributed by atoms with E-state index in [-0.39, 0.29) is 0 Å². The molecule has 1 aliphatic heterocycles. The monoisotopic (exact) mass is 242 g/mol. The first-order chi connectivity index (χ1) is 8.08. The second kappa shape index (κ2) is 7.42. The Labute approximate surface area is 102 Å². The highest BCUT2D eigenvalue weighted by Gasteiger charge is 2.13. The Kier molecular flexibility index (Phi) is 6.18. The molecule has 0 radical (unpaired) electrons. The van der Waals surface area contributed by atoms with Crippen molar-refractivity contribution in [2.75, 3.05) is 39.4 Å². The maximum Gasteiger partial charge on any atom is 0.328 e. The van der Waals surface area contributed by atoms with E-state index in [2.05, 4.69) is 17.1 Å². The Morgan fingerprint density at radius 3 is 2.76 bits per heavy atom. The topological polar surface area (TPSA) is 61.8 Å². The van der Waals surface area contributed by atoms with Gasteiger partial charge in [0.1, 0.15) is 0 Å². The zero-order chi connectivity index (χ0) is 12.7. The van der Waals surface area contributed by atoms with Gasteiger partial charge in [-0.1, -0.05) is 5.57 Å². The molecular weight excluding hydrogens is 220 g/mol. The van der Waals surface area contributed by atoms with Crippen LogP contribution in [-0.4, -0.2) is 61.4 Å². The maximum atomic E-state index is 10.4. The van der Waals surface area contributed by atoms with Gasteiger partial charge in [-0.25, -0.2) is 4.79 Å². The molecule has 2 N–H and O–H groups in total. The highest BCUT2D eigenvalue weighted by atomic mass is 16.5. The summed E-state index contributed by atoms with van der Waals surface area (Å²) in [5.41, 5.74) is 0.839. The lowest BCUT2D eigenvalue weighted by molar-refractivity contribution is -0.131. The van der Waals surface area contributed by atoms with Crippen molar-refractivity contribution in [2.24, 2.45) is 0 Å². The van der Waals surface area contributed by atoms with Gasteiger partial charge < -0.3 is 15.2 Å². The molecule has 5 nitrogen and oxygen atoms in total. The molecule has 1 unspecified atom stereocenters. The summed E-state index contributed by atoms with van der Waals surface area (Å²) in [5.74, 6) is -0.884. The summed E-state index contributed by atoms with van der Waals surface area (Å²) in [6.07, 6.45) is 1.24. The van der Waals surface area contributed by atoms with Crippen molar-refractivity contribution in [1.29, 1.82) is 0 Å². The molecule has 0 bridgehead atoms. The van der Waals surface area contributed by atoms with Crippen LogP contribution in [0.25, 0.3) is 0 Å². The molecule has 1 saturated heterocycles. The standard InChI is InChI=1S/C12H22N2O3/c1-10(7-12(15)16)8-13-11(2)9-14-3-5-17-6-4-14/h7,11,13H,3-6,8-9H2,1-2H3,(H,15,16). The average molecular weight is 242 g/mol. The number of hydrogen-bond donors (Lipinski definition) is 2. The van der Waals surface area contributed by atoms with E-state index in [9.17, 15) is 4.79 Å². The summed E-state index contributed by atoms with van der Waals surface area (Å²) in [6, 6.07) is 0.352. The Hall–Kier alpha value is -0.910. The SMILES string of the molecule is CC(=CC(=O)O)CNC(C)CN1CCOCC1. The first-order valence-electron chi connectivity index (χ1n) is 6.01. The number of aliphatic carboxylic acids is 1. The molecule has 1 rings (SSSR count). The lowest BCUT2D eigenvalue weighted by atomic mass is 10.2. The molecule has 0 amide bonds. The number of hydrogen-bond acceptors (Lipinski definition) is 4. The lowest BCUT2D eigenvalue weighted by Gasteiger charge is -2.29. The van der Waals surface area contributed by atoms with Crippen molar-refractivity contribution in [1.82, 2.24) is 10.2 Å². The van der Waals surface area contributed by atoms with Crippen molar-refractivity contribution in [3.05, 3.63) is 11.6 Å². The van der Waals surface area contributed by atoms with Gasteiger partial charge in [-0.15, -0.1) is 0 Å². The quantitative estimate of drug-likeness (QED) is 0.657. The minimum Gasteiger partial charge on any atom is -0.478 e. The minimum absolute atomic E-state index is 0.352. The van der Waals surface area contributed by atoms with Gasteiger partial charge in [0.05, 0.1) is 13.2 Å². The maximum absolute atomic E-state index is 10.4. The molecule has 0 saturated carbocycles. The summed E-state index contributed by atoms with van der Waals surface area (Å²) >= 11 is 0. The first-order valence-corrected chi connectivity index (χ1v) is 6.01. The van der Waals surface area contributed by atoms with Crippen molar-refractivity contribution in [3.63, 3.8) is 0 Å². The van der Waals surface area contributed by atoms with Crippen molar-refractivity contribution in [3.8, 4) is 0 Å². The molecule has 98 valence electrons. The smallest absolute Gasteiger partial charge is 0.328 e. The van der Waals surface area contributed by atoms with Crippen LogP contribution >= 0.6 is 0 Å². The summed E-state index contributed by atoms with van der Waals surface area (Å²) in [4.78, 5) is 12.8. The molecule has 5 heteroatoms. The van der Waals surface area contributed by atoms with Crippen LogP contribution in [0, 0.1) is 0 Å². The number of carboxylic acids is 1. The normalized spacial score (nSPS) is 20.2. The van der Waals surface area contributed by atoms with Crippen molar-refractivity contribution >= 4 is 5.97 Å². The Morgan fingerprint density at radius 2 is 2.18 bits per heavy atom. The van der Waals surface area contributed by atoms with Gasteiger partial charge in [-0.05, 0) is 13.8 Å². The fraction of sp³-hybridized carbons (Fsp3) is 0.750. The highest BCUT2D eigenvalue weighted by Crippen LogP contribution is 1.99. The third-order valence-electron chi connectivity index (χ3n) is 2.74. The zero-order valence-corrected chi connectivity index (χ0v) is 10.6. The highest BCUT2D eigenvalue weighted by molar-refractivity contribution is 5.80. The number of carboxylic acid groups (broad SMARTS) is 1. The van der Waals surface area contributed by atoms with Crippen LogP contribution in [-0.2, 0) is 9.53 Å². The predicted molar refractivity (Wildman–Crippen MR) is 66.1 cm³/mol. The van der Waals surface area contributed by atoms with E-state index in [0.29, 0.717) is 12.6 Å². The Bertz CT molecular complexity index is 273. The molecule has 0 aromatic rings. The van der Waals surface area contributed by atoms with Gasteiger partial charge in [0.25, 0.3) is 0 Å². The molecule has 0 aliphatic carbocycles. The van der Waals surface area contributed by atoms with Gasteiger partial charge in [-0.2, -0.15) is 0 Å². The van der Waals surface area contributed by atoms with E-state index in [1.165, 1.54) is 6.08 Å². The number of ether oxygens (including phenoxy) is 1. The zero-order valence-electron chi connectivity index (χ0n) is 10.6. The molecule has 17 heavy (non-hydrogen) atoms. The van der Waals surface area contributed by atoms with Gasteiger partial charge in [0.2, 0.25) is 0 Å². The van der Waals surface area contributed by atoms with E-state index in [1.54, 1.807) is 0 Å². The molecule has 1 fully saturated rings. The molecule has 1 heterocycles. The third-order valence-corrected chi connectivity index (χ3v) is 2.74. The number of nitrogens with one attached hydrogen (secondary N) is 1. The predicted octanol–water partition coefficient (Wildman–Crippen LogP) is 0.328. The van der Waals surface area contributed by atoms with Crippen molar-refractivity contribution < 1.29 is 14.6 Å². The number of morpholine rings is 1. The Morgan fingerprint density at radius 1 is 1.53 bits per heavy atom. The fourth-order valence-electron chi connectivity index (χ4n) is 1.83. The van der Waals surface area contributed by atoms with Crippen LogP contribution < -0.4 is 5.32 Å². The second-order valence-electron chi connectivity index (χ2n) is 4.52. The van der Waals surface area contributed by atoms with E-state index >= 15 is 0 Å². The molecule has 0 spiro atoms. The van der Waals surface area contributed by atoms with Crippen molar-refractivity contribution in [2.45, 2.75) is 19.9 Å². The molecule has 0 aromatic heterocycles. The Balaban J connectivity index is 2.20. The molecule has 1 aliphatic rings. The van der Waals surface area contributed by atoms with Crippen LogP contribution in [0.15, 0.2) is 11.6 Å². The van der Waals surface area contributed by atoms with Crippen LogP contribution in [0.5, 0.6) is 0 Å². The minimum atomic E-state index is -0.884. The largest absolute Gasteiger partial charge is 0.478 e. The van der Waals surface area contributed by atoms with Crippen LogP contribution in [0.2, 0.25) is 0 Å². The van der Waals surface area contributed by atoms with Gasteiger partial charge in [0, 0.05) is 38.3 Å². The number of carbonyl (C=O) groups is 1. The van der Waals surface area contributed by atoms with E-state index < -0.39 is 5.97 Å². The number of nitrogens with zero attached hydrogens (tertiary/aromatic N) is 1. The second-order valence-corrected chi connectivity index (χ2v) is 4.52. The van der Waals surface area contributed by atoms with E-state index in [1.807, 2.05) is 6.92 Å². The van der Waals surface area contributed by atoms with Crippen LogP contribution in [0.4, 0.5) is 0 Å². The van der Waals surface area contributed by atoms with Crippen LogP contribution in [0.1, 0.15) is 13.8 Å².